The van der Waals surface area contributed by atoms with Crippen LogP contribution in [0, 0.1) is 17.8 Å². The molecule has 9 heteroatoms. The molecule has 0 aliphatic heterocycles. The van der Waals surface area contributed by atoms with E-state index in [-0.39, 0.29) is 12.3 Å². The SMILES string of the molecule is O=S(=O)(O)C(F)(F)C(F)(F)C1CC2CCC1C2.c1ccc(Sc2ccccc2)cc1. The monoisotopic (exact) mass is 462 g/mol. The molecule has 2 fully saturated rings. The lowest BCUT2D eigenvalue weighted by Crippen LogP contribution is -2.52. The van der Waals surface area contributed by atoms with Gasteiger partial charge < -0.3 is 0 Å². The van der Waals surface area contributed by atoms with Gasteiger partial charge in [-0.1, -0.05) is 54.6 Å². The molecule has 2 saturated carbocycles. The molecule has 2 aliphatic carbocycles. The molecule has 4 rings (SSSR count). The van der Waals surface area contributed by atoms with Gasteiger partial charge in [-0.15, -0.1) is 0 Å². The van der Waals surface area contributed by atoms with Gasteiger partial charge in [0.05, 0.1) is 0 Å². The molecule has 164 valence electrons. The Morgan fingerprint density at radius 1 is 0.833 bits per heavy atom. The summed E-state index contributed by atoms with van der Waals surface area (Å²) in [5.74, 6) is -6.95. The van der Waals surface area contributed by atoms with E-state index < -0.39 is 33.1 Å². The van der Waals surface area contributed by atoms with Gasteiger partial charge in [-0.05, 0) is 55.4 Å². The highest BCUT2D eigenvalue weighted by atomic mass is 32.2. The molecule has 0 aromatic heterocycles. The van der Waals surface area contributed by atoms with Gasteiger partial charge in [0.1, 0.15) is 0 Å². The second-order valence-electron chi connectivity index (χ2n) is 7.62. The van der Waals surface area contributed by atoms with Gasteiger partial charge in [-0.3, -0.25) is 4.55 Å². The smallest absolute Gasteiger partial charge is 0.281 e. The summed E-state index contributed by atoms with van der Waals surface area (Å²) in [6.07, 6.45) is 1.51. The largest absolute Gasteiger partial charge is 0.431 e. The third kappa shape index (κ3) is 4.84. The molecular formula is C21H22F4O3S2. The van der Waals surface area contributed by atoms with E-state index in [0.29, 0.717) is 12.8 Å². The lowest BCUT2D eigenvalue weighted by atomic mass is 9.84. The topological polar surface area (TPSA) is 54.4 Å². The quantitative estimate of drug-likeness (QED) is 0.414. The summed E-state index contributed by atoms with van der Waals surface area (Å²) in [4.78, 5) is 2.57. The van der Waals surface area contributed by atoms with E-state index in [2.05, 4.69) is 48.5 Å². The van der Waals surface area contributed by atoms with E-state index in [4.69, 9.17) is 4.55 Å². The Morgan fingerprint density at radius 3 is 1.70 bits per heavy atom. The molecule has 30 heavy (non-hydrogen) atoms. The molecule has 3 unspecified atom stereocenters. The molecule has 0 radical (unpaired) electrons. The zero-order valence-corrected chi connectivity index (χ0v) is 17.6. The Morgan fingerprint density at radius 2 is 1.33 bits per heavy atom. The molecule has 0 saturated heterocycles. The van der Waals surface area contributed by atoms with Gasteiger partial charge >= 0.3 is 21.3 Å². The van der Waals surface area contributed by atoms with E-state index in [9.17, 15) is 26.0 Å². The van der Waals surface area contributed by atoms with Gasteiger partial charge in [-0.2, -0.15) is 26.0 Å². The highest BCUT2D eigenvalue weighted by Crippen LogP contribution is 2.58. The number of benzene rings is 2. The van der Waals surface area contributed by atoms with Crippen LogP contribution in [0.3, 0.4) is 0 Å². The molecular weight excluding hydrogens is 440 g/mol. The zero-order valence-electron chi connectivity index (χ0n) is 15.9. The van der Waals surface area contributed by atoms with E-state index in [1.807, 2.05) is 12.1 Å². The summed E-state index contributed by atoms with van der Waals surface area (Å²) in [5, 5.41) is -5.41. The first-order chi connectivity index (χ1) is 14.0. The minimum Gasteiger partial charge on any atom is -0.281 e. The number of alkyl halides is 4. The van der Waals surface area contributed by atoms with Crippen LogP contribution in [0.4, 0.5) is 17.6 Å². The van der Waals surface area contributed by atoms with Crippen LogP contribution in [0.25, 0.3) is 0 Å². The fourth-order valence-corrected chi connectivity index (χ4v) is 5.54. The highest BCUT2D eigenvalue weighted by Gasteiger charge is 2.71. The van der Waals surface area contributed by atoms with Crippen LogP contribution in [0.5, 0.6) is 0 Å². The van der Waals surface area contributed by atoms with Crippen molar-refractivity contribution in [2.45, 2.75) is 46.7 Å². The van der Waals surface area contributed by atoms with Crippen molar-refractivity contribution in [2.24, 2.45) is 17.8 Å². The van der Waals surface area contributed by atoms with Crippen molar-refractivity contribution in [3.8, 4) is 0 Å². The molecule has 2 aromatic carbocycles. The second-order valence-corrected chi connectivity index (χ2v) is 10.2. The molecule has 2 aromatic rings. The van der Waals surface area contributed by atoms with Crippen LogP contribution in [0.1, 0.15) is 25.7 Å². The maximum Gasteiger partial charge on any atom is 0.431 e. The lowest BCUT2D eigenvalue weighted by molar-refractivity contribution is -0.202. The number of rotatable bonds is 5. The van der Waals surface area contributed by atoms with Crippen molar-refractivity contribution in [1.82, 2.24) is 0 Å². The Bertz CT molecular complexity index is 900. The maximum atomic E-state index is 13.6. The predicted octanol–water partition coefficient (Wildman–Crippen LogP) is 6.38. The van der Waals surface area contributed by atoms with Crippen molar-refractivity contribution < 1.29 is 30.5 Å². The minimum atomic E-state index is -6.10. The Labute approximate surface area is 177 Å². The summed E-state index contributed by atoms with van der Waals surface area (Å²) < 4.78 is 82.4. The van der Waals surface area contributed by atoms with Gasteiger partial charge in [-0.25, -0.2) is 0 Å². The van der Waals surface area contributed by atoms with E-state index in [1.54, 1.807) is 11.8 Å². The number of halogens is 4. The van der Waals surface area contributed by atoms with Crippen molar-refractivity contribution in [3.05, 3.63) is 60.7 Å². The van der Waals surface area contributed by atoms with Crippen molar-refractivity contribution >= 4 is 21.9 Å². The number of hydrogen-bond donors (Lipinski definition) is 1. The fraction of sp³-hybridized carbons (Fsp3) is 0.429. The average Bonchev–Trinajstić information content (AvgIpc) is 3.33. The molecule has 0 heterocycles. The third-order valence-electron chi connectivity index (χ3n) is 5.64. The third-order valence-corrected chi connectivity index (χ3v) is 7.57. The number of hydrogen-bond acceptors (Lipinski definition) is 3. The predicted molar refractivity (Wildman–Crippen MR) is 107 cm³/mol. The molecule has 3 atom stereocenters. The fourth-order valence-electron chi connectivity index (χ4n) is 4.19. The van der Waals surface area contributed by atoms with E-state index >= 15 is 0 Å². The zero-order chi connectivity index (χ0) is 22.0. The lowest BCUT2D eigenvalue weighted by Gasteiger charge is -2.33. The average molecular weight is 463 g/mol. The van der Waals surface area contributed by atoms with Crippen LogP contribution >= 0.6 is 11.8 Å². The maximum absolute atomic E-state index is 13.6. The first-order valence-electron chi connectivity index (χ1n) is 9.53. The Hall–Kier alpha value is -1.58. The van der Waals surface area contributed by atoms with Crippen LogP contribution in [0.2, 0.25) is 0 Å². The molecule has 0 amide bonds. The van der Waals surface area contributed by atoms with Crippen molar-refractivity contribution in [3.63, 3.8) is 0 Å². The normalized spacial score (nSPS) is 23.7. The van der Waals surface area contributed by atoms with Gasteiger partial charge in [0.15, 0.2) is 0 Å². The first-order valence-corrected chi connectivity index (χ1v) is 11.8. The Balaban J connectivity index is 0.000000177. The summed E-state index contributed by atoms with van der Waals surface area (Å²) >= 11 is 1.79. The van der Waals surface area contributed by atoms with Crippen LogP contribution in [-0.4, -0.2) is 24.1 Å². The van der Waals surface area contributed by atoms with Gasteiger partial charge in [0.2, 0.25) is 0 Å². The summed E-state index contributed by atoms with van der Waals surface area (Å²) in [7, 11) is -6.10. The summed E-state index contributed by atoms with van der Waals surface area (Å²) in [6, 6.07) is 20.8. The first kappa shape index (κ1) is 23.1. The molecule has 2 bridgehead atoms. The Kier molecular flexibility index (Phi) is 6.84. The van der Waals surface area contributed by atoms with Gasteiger partial charge in [0.25, 0.3) is 0 Å². The van der Waals surface area contributed by atoms with Crippen LogP contribution in [0.15, 0.2) is 70.5 Å². The molecule has 0 spiro atoms. The molecule has 2 aliphatic rings. The highest BCUT2D eigenvalue weighted by molar-refractivity contribution is 7.99. The minimum absolute atomic E-state index is 0.0203. The molecule has 1 N–H and O–H groups in total. The summed E-state index contributed by atoms with van der Waals surface area (Å²) in [6.45, 7) is 0. The van der Waals surface area contributed by atoms with Crippen LogP contribution < -0.4 is 0 Å². The van der Waals surface area contributed by atoms with E-state index in [0.717, 1.165) is 6.42 Å². The standard InChI is InChI=1S/C12H10S.C9H12F4O3S/c1-3-7-11(8-4-1)13-12-9-5-2-6-10-12;10-8(11,9(12,13)17(14,15)16)7-4-5-1-2-6(7)3-5/h1-10H;5-7H,1-4H2,(H,14,15,16). The summed E-state index contributed by atoms with van der Waals surface area (Å²) in [5.41, 5.74) is 0. The number of fused-ring (bicyclic) bond motifs is 2. The van der Waals surface area contributed by atoms with Crippen molar-refractivity contribution in [2.75, 3.05) is 0 Å². The van der Waals surface area contributed by atoms with Crippen LogP contribution in [-0.2, 0) is 10.1 Å². The van der Waals surface area contributed by atoms with E-state index in [1.165, 1.54) is 9.79 Å². The van der Waals surface area contributed by atoms with Gasteiger partial charge in [0, 0.05) is 15.7 Å². The molecule has 3 nitrogen and oxygen atoms in total. The van der Waals surface area contributed by atoms with Crippen molar-refractivity contribution in [1.29, 1.82) is 0 Å². The second kappa shape index (κ2) is 8.88.